The lowest BCUT2D eigenvalue weighted by Crippen LogP contribution is -2.03. The highest BCUT2D eigenvalue weighted by atomic mass is 32.2. The van der Waals surface area contributed by atoms with Crippen LogP contribution in [0.4, 0.5) is 0 Å². The summed E-state index contributed by atoms with van der Waals surface area (Å²) in [7, 11) is -3.57. The van der Waals surface area contributed by atoms with Crippen molar-refractivity contribution in [3.8, 4) is 11.5 Å². The summed E-state index contributed by atoms with van der Waals surface area (Å²) in [5, 5.41) is 0. The fourth-order valence-corrected chi connectivity index (χ4v) is 5.09. The smallest absolute Gasteiger partial charge is 0.207 e. The second-order valence-electron chi connectivity index (χ2n) is 7.73. The molecule has 0 radical (unpaired) electrons. The van der Waals surface area contributed by atoms with Gasteiger partial charge in [0.05, 0.1) is 23.0 Å². The van der Waals surface area contributed by atoms with Gasteiger partial charge in [0.1, 0.15) is 11.5 Å². The lowest BCUT2D eigenvalue weighted by atomic mass is 10.1. The van der Waals surface area contributed by atoms with E-state index >= 15 is 0 Å². The molecule has 0 aliphatic carbocycles. The molecule has 0 aromatic heterocycles. The molecule has 0 unspecified atom stereocenters. The first-order chi connectivity index (χ1) is 15.1. The minimum atomic E-state index is -3.57. The Kier molecular flexibility index (Phi) is 8.35. The molecule has 4 nitrogen and oxygen atoms in total. The largest absolute Gasteiger partial charge is 0.494 e. The van der Waals surface area contributed by atoms with Crippen molar-refractivity contribution in [2.75, 3.05) is 13.2 Å². The third-order valence-electron chi connectivity index (χ3n) is 5.28. The zero-order valence-corrected chi connectivity index (χ0v) is 19.3. The van der Waals surface area contributed by atoms with Crippen molar-refractivity contribution in [3.05, 3.63) is 71.8 Å². The minimum Gasteiger partial charge on any atom is -0.494 e. The van der Waals surface area contributed by atoms with Crippen molar-refractivity contribution >= 4 is 19.6 Å². The molecule has 1 aliphatic rings. The van der Waals surface area contributed by atoms with Crippen molar-refractivity contribution in [1.29, 1.82) is 0 Å². The zero-order valence-electron chi connectivity index (χ0n) is 18.5. The van der Waals surface area contributed by atoms with Gasteiger partial charge in [-0.2, -0.15) is 0 Å². The molecular formula is C26H32O4S. The van der Waals surface area contributed by atoms with Gasteiger partial charge in [0, 0.05) is 0 Å². The lowest BCUT2D eigenvalue weighted by Gasteiger charge is -2.11. The average Bonchev–Trinajstić information content (AvgIpc) is 3.10. The molecule has 0 bridgehead atoms. The van der Waals surface area contributed by atoms with Crippen molar-refractivity contribution in [3.63, 3.8) is 0 Å². The molecule has 0 amide bonds. The van der Waals surface area contributed by atoms with E-state index in [-0.39, 0.29) is 0 Å². The van der Waals surface area contributed by atoms with Crippen molar-refractivity contribution in [2.24, 2.45) is 0 Å². The SMILES string of the molecule is CCCCCOc1ccc(C2=CC=C(c3ccc(OCCCCC)cc3)S2(=O)=O)cc1. The summed E-state index contributed by atoms with van der Waals surface area (Å²) in [4.78, 5) is 0.639. The Balaban J connectivity index is 1.63. The van der Waals surface area contributed by atoms with Crippen LogP contribution in [0.3, 0.4) is 0 Å². The molecule has 31 heavy (non-hydrogen) atoms. The lowest BCUT2D eigenvalue weighted by molar-refractivity contribution is 0.306. The number of hydrogen-bond donors (Lipinski definition) is 0. The van der Waals surface area contributed by atoms with E-state index in [1.807, 2.05) is 48.5 Å². The van der Waals surface area contributed by atoms with Crippen LogP contribution in [0.25, 0.3) is 9.81 Å². The Bertz CT molecular complexity index is 923. The van der Waals surface area contributed by atoms with E-state index in [1.165, 1.54) is 0 Å². The van der Waals surface area contributed by atoms with E-state index in [2.05, 4.69) is 13.8 Å². The highest BCUT2D eigenvalue weighted by Crippen LogP contribution is 2.38. The van der Waals surface area contributed by atoms with Gasteiger partial charge in [-0.3, -0.25) is 0 Å². The summed E-state index contributed by atoms with van der Waals surface area (Å²) in [5.74, 6) is 1.53. The number of sulfone groups is 1. The second kappa shape index (κ2) is 11.2. The number of allylic oxidation sites excluding steroid dienone is 2. The zero-order chi connectivity index (χ0) is 22.1. The van der Waals surface area contributed by atoms with Gasteiger partial charge in [-0.25, -0.2) is 8.42 Å². The van der Waals surface area contributed by atoms with E-state index in [9.17, 15) is 8.42 Å². The predicted molar refractivity (Wildman–Crippen MR) is 128 cm³/mol. The quantitative estimate of drug-likeness (QED) is 0.347. The average molecular weight is 441 g/mol. The monoisotopic (exact) mass is 440 g/mol. The topological polar surface area (TPSA) is 52.6 Å². The number of ether oxygens (including phenoxy) is 2. The Labute approximate surface area is 186 Å². The fourth-order valence-electron chi connectivity index (χ4n) is 3.47. The Morgan fingerprint density at radius 1 is 0.613 bits per heavy atom. The summed E-state index contributed by atoms with van der Waals surface area (Å²) in [6, 6.07) is 14.6. The van der Waals surface area contributed by atoms with E-state index in [0.29, 0.717) is 34.2 Å². The third kappa shape index (κ3) is 6.01. The molecule has 0 fully saturated rings. The van der Waals surface area contributed by atoms with Gasteiger partial charge in [0.2, 0.25) is 9.84 Å². The summed E-state index contributed by atoms with van der Waals surface area (Å²) in [5.41, 5.74) is 1.34. The number of rotatable bonds is 12. The summed E-state index contributed by atoms with van der Waals surface area (Å²) in [6.45, 7) is 5.67. The van der Waals surface area contributed by atoms with Gasteiger partial charge in [-0.05, 0) is 84.7 Å². The third-order valence-corrected chi connectivity index (χ3v) is 7.18. The van der Waals surface area contributed by atoms with Crippen LogP contribution in [0.1, 0.15) is 63.5 Å². The molecule has 0 saturated heterocycles. The van der Waals surface area contributed by atoms with Gasteiger partial charge in [0.25, 0.3) is 0 Å². The molecule has 5 heteroatoms. The molecule has 1 aliphatic heterocycles. The van der Waals surface area contributed by atoms with Crippen LogP contribution in [-0.4, -0.2) is 21.6 Å². The highest BCUT2D eigenvalue weighted by molar-refractivity contribution is 8.09. The van der Waals surface area contributed by atoms with Crippen molar-refractivity contribution in [2.45, 2.75) is 52.4 Å². The molecule has 166 valence electrons. The van der Waals surface area contributed by atoms with E-state index in [1.54, 1.807) is 12.2 Å². The van der Waals surface area contributed by atoms with Gasteiger partial charge >= 0.3 is 0 Å². The maximum atomic E-state index is 13.2. The molecule has 0 N–H and O–H groups in total. The first-order valence-corrected chi connectivity index (χ1v) is 12.7. The fraction of sp³-hybridized carbons (Fsp3) is 0.385. The summed E-state index contributed by atoms with van der Waals surface area (Å²) < 4.78 is 37.8. The Morgan fingerprint density at radius 3 is 1.35 bits per heavy atom. The van der Waals surface area contributed by atoms with Crippen LogP contribution in [0.15, 0.2) is 60.7 Å². The van der Waals surface area contributed by atoms with Crippen molar-refractivity contribution in [1.82, 2.24) is 0 Å². The second-order valence-corrected chi connectivity index (χ2v) is 9.61. The maximum absolute atomic E-state index is 13.2. The summed E-state index contributed by atoms with van der Waals surface area (Å²) in [6.07, 6.45) is 9.99. The maximum Gasteiger partial charge on any atom is 0.207 e. The first-order valence-electron chi connectivity index (χ1n) is 11.2. The van der Waals surface area contributed by atoms with Crippen LogP contribution in [0, 0.1) is 0 Å². The van der Waals surface area contributed by atoms with Crippen LogP contribution in [0.2, 0.25) is 0 Å². The van der Waals surface area contributed by atoms with Gasteiger partial charge in [-0.15, -0.1) is 0 Å². The van der Waals surface area contributed by atoms with Crippen LogP contribution in [0.5, 0.6) is 11.5 Å². The molecule has 1 heterocycles. The number of unbranched alkanes of at least 4 members (excludes halogenated alkanes) is 4. The molecular weight excluding hydrogens is 408 g/mol. The molecule has 0 saturated carbocycles. The predicted octanol–water partition coefficient (Wildman–Crippen LogP) is 6.64. The minimum absolute atomic E-state index is 0.319. The molecule has 0 spiro atoms. The van der Waals surface area contributed by atoms with Gasteiger partial charge in [0.15, 0.2) is 0 Å². The van der Waals surface area contributed by atoms with Crippen LogP contribution >= 0.6 is 0 Å². The highest BCUT2D eigenvalue weighted by Gasteiger charge is 2.29. The van der Waals surface area contributed by atoms with E-state index in [4.69, 9.17) is 9.47 Å². The molecule has 2 aromatic carbocycles. The standard InChI is InChI=1S/C26H32O4S/c1-3-5-7-19-29-23-13-9-21(10-14-23)25-17-18-26(31(25,27)28)22-11-15-24(16-12-22)30-20-8-6-4-2/h9-18H,3-8,19-20H2,1-2H3. The molecule has 2 aromatic rings. The Hall–Kier alpha value is -2.53. The molecule has 3 rings (SSSR count). The molecule has 0 atom stereocenters. The van der Waals surface area contributed by atoms with Gasteiger partial charge in [-0.1, -0.05) is 39.5 Å². The Morgan fingerprint density at radius 2 is 1.00 bits per heavy atom. The van der Waals surface area contributed by atoms with E-state index in [0.717, 1.165) is 50.0 Å². The van der Waals surface area contributed by atoms with Crippen LogP contribution in [-0.2, 0) is 9.84 Å². The van der Waals surface area contributed by atoms with E-state index < -0.39 is 9.84 Å². The van der Waals surface area contributed by atoms with Crippen molar-refractivity contribution < 1.29 is 17.9 Å². The summed E-state index contributed by atoms with van der Waals surface area (Å²) >= 11 is 0. The number of benzene rings is 2. The van der Waals surface area contributed by atoms with Crippen LogP contribution < -0.4 is 9.47 Å². The normalized spacial score (nSPS) is 14.8. The first kappa shape index (κ1) is 23.1. The van der Waals surface area contributed by atoms with Gasteiger partial charge < -0.3 is 9.47 Å². The number of hydrogen-bond acceptors (Lipinski definition) is 4.